The molecule has 0 spiro atoms. The molecule has 2 unspecified atom stereocenters. The van der Waals surface area contributed by atoms with Crippen LogP contribution in [0, 0.1) is 23.3 Å². The molecule has 0 aromatic heterocycles. The second kappa shape index (κ2) is 37.5. The zero-order chi connectivity index (χ0) is 103. The van der Waals surface area contributed by atoms with Crippen molar-refractivity contribution in [3.63, 3.8) is 0 Å². The molecular weight excluding hydrogens is 1830 g/mol. The number of halogens is 4. The monoisotopic (exact) mass is 1940 g/mol. The molecule has 0 saturated heterocycles. The SMILES string of the molecule is C=Cc1ccc(C2(c3ccc(C(C)(C)C)cc3)c3ccccc3-c3ccc(N(c4ccc(F)cc4)c4ccc(-c5ccc(N(c6ccc(F)cc6)c6ccc7c(c6)C(c6ccc(C=C)cc6)(c6ccc(C(C)(C)C)cc6)c6cc(N(c8ccc(F)cc8)c8ccc(-c9ccc(N(c%10ccc(F)cc%10)c%10ccc%11c(c%10)C(c%10ccc(C=C)cc%10)(c%10ccc(C(C)(C)C)cc%10)c%10ccccc%10-%11)cc9)cc8)ccc6-7)cc5)cc4)cc32)cc1. The highest BCUT2D eigenvalue weighted by atomic mass is 19.1. The Hall–Kier alpha value is -17.5. The van der Waals surface area contributed by atoms with Crippen LogP contribution in [0.25, 0.3) is 73.9 Å². The van der Waals surface area contributed by atoms with Crippen LogP contribution in [-0.4, -0.2) is 0 Å². The van der Waals surface area contributed by atoms with E-state index in [9.17, 15) is 0 Å². The largest absolute Gasteiger partial charge is 0.310 e. The molecule has 0 saturated carbocycles. The molecular formula is C141H112F4N4. The first-order valence-corrected chi connectivity index (χ1v) is 51.1. The number of nitrogens with zero attached hydrogens (tertiary/aromatic N) is 4. The first-order chi connectivity index (χ1) is 72.2. The van der Waals surface area contributed by atoms with Gasteiger partial charge in [0.2, 0.25) is 0 Å². The van der Waals surface area contributed by atoms with Gasteiger partial charge in [-0.2, -0.15) is 0 Å². The van der Waals surface area contributed by atoms with Crippen LogP contribution in [0.4, 0.5) is 85.8 Å². The number of fused-ring (bicyclic) bond motifs is 9. The molecule has 0 bridgehead atoms. The summed E-state index contributed by atoms with van der Waals surface area (Å²) in [4.78, 5) is 8.87. The van der Waals surface area contributed by atoms with Crippen LogP contribution < -0.4 is 19.6 Å². The van der Waals surface area contributed by atoms with Crippen LogP contribution in [0.2, 0.25) is 0 Å². The maximum atomic E-state index is 15.6. The van der Waals surface area contributed by atoms with Gasteiger partial charge >= 0.3 is 0 Å². The second-order valence-electron chi connectivity index (χ2n) is 42.7. The van der Waals surface area contributed by atoms with Gasteiger partial charge in [0, 0.05) is 68.2 Å². The minimum absolute atomic E-state index is 0.0605. The summed E-state index contributed by atoms with van der Waals surface area (Å²) in [6, 6.07) is 160. The second-order valence-corrected chi connectivity index (χ2v) is 42.7. The lowest BCUT2D eigenvalue weighted by Crippen LogP contribution is -2.29. The Morgan fingerprint density at radius 3 is 0.544 bits per heavy atom. The van der Waals surface area contributed by atoms with Gasteiger partial charge in [-0.05, 0) is 366 Å². The smallest absolute Gasteiger partial charge is 0.123 e. The number of benzene rings is 20. The van der Waals surface area contributed by atoms with Gasteiger partial charge in [-0.15, -0.1) is 0 Å². The predicted molar refractivity (Wildman–Crippen MR) is 614 cm³/mol. The minimum atomic E-state index is -0.997. The number of anilines is 12. The zero-order valence-electron chi connectivity index (χ0n) is 85.0. The van der Waals surface area contributed by atoms with Gasteiger partial charge < -0.3 is 19.6 Å². The van der Waals surface area contributed by atoms with Gasteiger partial charge in [0.15, 0.2) is 0 Å². The molecule has 149 heavy (non-hydrogen) atoms. The topological polar surface area (TPSA) is 13.0 Å². The Balaban J connectivity index is 0.605. The van der Waals surface area contributed by atoms with E-state index in [0.717, 1.165) is 185 Å². The fourth-order valence-corrected chi connectivity index (χ4v) is 23.4. The van der Waals surface area contributed by atoms with Crippen molar-refractivity contribution >= 4 is 86.5 Å². The normalized spacial score (nSPS) is 15.2. The van der Waals surface area contributed by atoms with E-state index in [0.29, 0.717) is 0 Å². The third-order valence-electron chi connectivity index (χ3n) is 31.0. The molecule has 2 atom stereocenters. The quantitative estimate of drug-likeness (QED) is 0.0592. The molecule has 3 aliphatic carbocycles. The van der Waals surface area contributed by atoms with Crippen molar-refractivity contribution in [2.75, 3.05) is 19.6 Å². The molecule has 0 fully saturated rings. The molecule has 20 aromatic rings. The summed E-state index contributed by atoms with van der Waals surface area (Å²) < 4.78 is 61.8. The molecule has 20 aromatic carbocycles. The standard InChI is InChI=1S/C141H112F4N4/c1-13-92-24-38-102(39-25-92)139(105-50-44-99(45-51-105)136(4,5)6)130-22-18-16-20-124(130)126-84-80-120(88-132(126)139)146(116-72-56-108(142)57-73-116)112-64-30-95(31-65-112)97-34-68-114(69-35-97)148(118-76-60-110(144)61-77-118)122-82-86-128-129-87-83-123(91-135(129)141(134(128)90-122,104-42-28-94(15-3)29-43-104)107-54-48-101(49-55-107)138(10,11)12)149(119-78-62-111(145)63-79-119)115-70-36-98(37-71-115)96-32-66-113(67-33-96)147(117-74-58-109(143)59-75-117)121-81-85-127-125-21-17-19-23-131(125)140(133(127)89-121,103-40-26-93(14-2)27-41-103)106-52-46-100(47-53-106)137(7,8)9/h13-91H,1-3H2,4-12H3. The van der Waals surface area contributed by atoms with E-state index < -0.39 is 16.2 Å². The third kappa shape index (κ3) is 16.6. The van der Waals surface area contributed by atoms with Gasteiger partial charge in [-0.3, -0.25) is 0 Å². The van der Waals surface area contributed by atoms with E-state index in [-0.39, 0.29) is 39.5 Å². The van der Waals surface area contributed by atoms with Crippen molar-refractivity contribution in [1.29, 1.82) is 0 Å². The third-order valence-corrected chi connectivity index (χ3v) is 31.0. The van der Waals surface area contributed by atoms with E-state index in [1.807, 2.05) is 66.8 Å². The average Bonchev–Trinajstić information content (AvgIpc) is 1.54. The highest BCUT2D eigenvalue weighted by Crippen LogP contribution is 2.63. The van der Waals surface area contributed by atoms with E-state index in [1.165, 1.54) is 87.5 Å². The lowest BCUT2D eigenvalue weighted by atomic mass is 9.67. The highest BCUT2D eigenvalue weighted by Gasteiger charge is 2.51. The molecule has 3 aliphatic rings. The molecule has 0 aliphatic heterocycles. The van der Waals surface area contributed by atoms with E-state index in [2.05, 4.69) is 466 Å². The maximum Gasteiger partial charge on any atom is 0.123 e. The molecule has 0 N–H and O–H groups in total. The summed E-state index contributed by atoms with van der Waals surface area (Å²) in [5.41, 5.74) is 38.2. The van der Waals surface area contributed by atoms with E-state index in [4.69, 9.17) is 0 Å². The molecule has 0 heterocycles. The van der Waals surface area contributed by atoms with Crippen molar-refractivity contribution in [2.45, 2.75) is 94.8 Å². The lowest BCUT2D eigenvalue weighted by Gasteiger charge is -2.36. The summed E-state index contributed by atoms with van der Waals surface area (Å²) >= 11 is 0. The Bertz CT molecular complexity index is 8050. The zero-order valence-corrected chi connectivity index (χ0v) is 85.0. The Morgan fingerprint density at radius 1 is 0.181 bits per heavy atom. The first kappa shape index (κ1) is 95.1. The summed E-state index contributed by atoms with van der Waals surface area (Å²) in [6.07, 6.45) is 5.66. The van der Waals surface area contributed by atoms with Crippen molar-refractivity contribution in [3.8, 4) is 55.6 Å². The maximum absolute atomic E-state index is 15.6. The van der Waals surface area contributed by atoms with Crippen molar-refractivity contribution in [2.24, 2.45) is 0 Å². The first-order valence-electron chi connectivity index (χ1n) is 51.1. The van der Waals surface area contributed by atoms with Crippen LogP contribution in [0.1, 0.15) is 162 Å². The molecule has 8 heteroatoms. The molecule has 0 radical (unpaired) electrons. The summed E-state index contributed by atoms with van der Waals surface area (Å²) in [7, 11) is 0. The summed E-state index contributed by atoms with van der Waals surface area (Å²) in [6.45, 7) is 32.7. The number of hydrogen-bond acceptors (Lipinski definition) is 4. The van der Waals surface area contributed by atoms with Crippen LogP contribution in [0.3, 0.4) is 0 Å². The highest BCUT2D eigenvalue weighted by molar-refractivity contribution is 5.96. The Kier molecular flexibility index (Phi) is 24.0. The number of rotatable bonds is 23. The van der Waals surface area contributed by atoms with E-state index in [1.54, 1.807) is 0 Å². The summed E-state index contributed by atoms with van der Waals surface area (Å²) in [5.74, 6) is -1.36. The molecule has 724 valence electrons. The Labute approximate surface area is 872 Å². The summed E-state index contributed by atoms with van der Waals surface area (Å²) in [5, 5.41) is 0. The molecule has 4 nitrogen and oxygen atoms in total. The van der Waals surface area contributed by atoms with Gasteiger partial charge in [-0.1, -0.05) is 367 Å². The predicted octanol–water partition coefficient (Wildman–Crippen LogP) is 38.4. The fraction of sp³-hybridized carbons (Fsp3) is 0.106. The van der Waals surface area contributed by atoms with Gasteiger partial charge in [-0.25, -0.2) is 17.6 Å². The Morgan fingerprint density at radius 2 is 0.349 bits per heavy atom. The van der Waals surface area contributed by atoms with E-state index >= 15 is 17.6 Å². The van der Waals surface area contributed by atoms with Crippen molar-refractivity contribution in [3.05, 3.63) is 604 Å². The molecule has 23 rings (SSSR count). The van der Waals surface area contributed by atoms with Gasteiger partial charge in [0.1, 0.15) is 23.3 Å². The lowest BCUT2D eigenvalue weighted by molar-refractivity contribution is 0.589. The van der Waals surface area contributed by atoms with Gasteiger partial charge in [0.25, 0.3) is 0 Å². The minimum Gasteiger partial charge on any atom is -0.310 e. The van der Waals surface area contributed by atoms with Crippen LogP contribution in [0.5, 0.6) is 0 Å². The molecule has 0 amide bonds. The van der Waals surface area contributed by atoms with Crippen molar-refractivity contribution < 1.29 is 17.6 Å². The van der Waals surface area contributed by atoms with Crippen LogP contribution >= 0.6 is 0 Å². The van der Waals surface area contributed by atoms with Crippen LogP contribution in [-0.2, 0) is 32.5 Å². The fourth-order valence-electron chi connectivity index (χ4n) is 23.4. The van der Waals surface area contributed by atoms with Gasteiger partial charge in [0.05, 0.1) is 16.2 Å². The average molecular weight is 1940 g/mol. The van der Waals surface area contributed by atoms with Crippen LogP contribution in [0.15, 0.2) is 481 Å². The van der Waals surface area contributed by atoms with Crippen molar-refractivity contribution in [1.82, 2.24) is 0 Å². The number of hydrogen-bond donors (Lipinski definition) is 0.